The van der Waals surface area contributed by atoms with E-state index in [2.05, 4.69) is 5.32 Å². The van der Waals surface area contributed by atoms with Gasteiger partial charge in [0, 0.05) is 0 Å². The Labute approximate surface area is 183 Å². The normalized spacial score (nSPS) is 12.1. The van der Waals surface area contributed by atoms with Crippen LogP contribution in [0.3, 0.4) is 0 Å². The van der Waals surface area contributed by atoms with Gasteiger partial charge in [0.15, 0.2) is 0 Å². The first-order valence-electron chi connectivity index (χ1n) is 9.80. The number of nitrogens with zero attached hydrogens (tertiary/aromatic N) is 1. The van der Waals surface area contributed by atoms with Crippen molar-refractivity contribution in [3.05, 3.63) is 95.6 Å². The highest BCUT2D eigenvalue weighted by Crippen LogP contribution is 2.24. The third-order valence-corrected chi connectivity index (χ3v) is 6.00. The monoisotopic (exact) mass is 438 g/mol. The van der Waals surface area contributed by atoms with Crippen molar-refractivity contribution >= 4 is 21.6 Å². The van der Waals surface area contributed by atoms with E-state index < -0.39 is 22.0 Å². The Balaban J connectivity index is 1.87. The second kappa shape index (κ2) is 9.66. The molecule has 0 fully saturated rings. The van der Waals surface area contributed by atoms with Crippen LogP contribution in [0.2, 0.25) is 0 Å². The minimum atomic E-state index is -3.67. The number of aryl methyl sites for hydroxylation is 1. The number of methoxy groups -OCH3 is 1. The second-order valence-electron chi connectivity index (χ2n) is 7.29. The molecular formula is C24H26N2O4S. The number of carbonyl (C=O) groups is 1. The molecule has 0 radical (unpaired) electrons. The van der Waals surface area contributed by atoms with Crippen LogP contribution in [0.4, 0.5) is 5.69 Å². The summed E-state index contributed by atoms with van der Waals surface area (Å²) in [6.07, 6.45) is 1.08. The first-order valence-corrected chi connectivity index (χ1v) is 11.7. The van der Waals surface area contributed by atoms with Gasteiger partial charge in [0.25, 0.3) is 0 Å². The van der Waals surface area contributed by atoms with Crippen molar-refractivity contribution in [2.45, 2.75) is 13.0 Å². The van der Waals surface area contributed by atoms with Crippen LogP contribution in [0.5, 0.6) is 5.75 Å². The number of anilines is 1. The lowest BCUT2D eigenvalue weighted by molar-refractivity contribution is -0.120. The minimum Gasteiger partial charge on any atom is -0.497 e. The largest absolute Gasteiger partial charge is 0.497 e. The number of amides is 1. The third kappa shape index (κ3) is 5.86. The average molecular weight is 439 g/mol. The first-order chi connectivity index (χ1) is 14.8. The lowest BCUT2D eigenvalue weighted by Crippen LogP contribution is -2.41. The molecule has 1 N–H and O–H groups in total. The maximum atomic E-state index is 13.0. The number of sulfonamides is 1. The fraction of sp³-hybridized carbons (Fsp3) is 0.208. The lowest BCUT2D eigenvalue weighted by atomic mass is 9.97. The van der Waals surface area contributed by atoms with Crippen LogP contribution in [-0.4, -0.2) is 34.2 Å². The molecule has 1 unspecified atom stereocenters. The molecule has 0 heterocycles. The zero-order valence-corrected chi connectivity index (χ0v) is 18.6. The molecule has 0 aliphatic heterocycles. The summed E-state index contributed by atoms with van der Waals surface area (Å²) in [5.74, 6) is 0.196. The predicted molar refractivity (Wildman–Crippen MR) is 123 cm³/mol. The highest BCUT2D eigenvalue weighted by molar-refractivity contribution is 7.92. The number of rotatable bonds is 8. The lowest BCUT2D eigenvalue weighted by Gasteiger charge is -2.25. The number of nitrogens with one attached hydrogen (secondary N) is 1. The van der Waals surface area contributed by atoms with E-state index in [1.165, 1.54) is 7.11 Å². The van der Waals surface area contributed by atoms with Crippen LogP contribution in [0.1, 0.15) is 22.7 Å². The second-order valence-corrected chi connectivity index (χ2v) is 9.20. The molecule has 3 aromatic rings. The van der Waals surface area contributed by atoms with Gasteiger partial charge in [-0.1, -0.05) is 60.2 Å². The van der Waals surface area contributed by atoms with E-state index >= 15 is 0 Å². The molecule has 7 heteroatoms. The Morgan fingerprint density at radius 1 is 0.968 bits per heavy atom. The van der Waals surface area contributed by atoms with Gasteiger partial charge in [-0.3, -0.25) is 9.10 Å². The molecule has 1 atom stereocenters. The van der Waals surface area contributed by atoms with Crippen molar-refractivity contribution in [2.75, 3.05) is 24.2 Å². The number of hydrogen-bond acceptors (Lipinski definition) is 4. The molecule has 3 rings (SSSR count). The Morgan fingerprint density at radius 3 is 2.19 bits per heavy atom. The van der Waals surface area contributed by atoms with Gasteiger partial charge in [0.1, 0.15) is 12.3 Å². The summed E-state index contributed by atoms with van der Waals surface area (Å²) < 4.78 is 31.0. The molecule has 3 aromatic carbocycles. The van der Waals surface area contributed by atoms with E-state index in [4.69, 9.17) is 4.74 Å². The van der Waals surface area contributed by atoms with Crippen LogP contribution in [0.25, 0.3) is 0 Å². The van der Waals surface area contributed by atoms with E-state index in [1.807, 2.05) is 61.5 Å². The Morgan fingerprint density at radius 2 is 1.61 bits per heavy atom. The van der Waals surface area contributed by atoms with Crippen LogP contribution in [0.15, 0.2) is 78.9 Å². The predicted octanol–water partition coefficient (Wildman–Crippen LogP) is 3.68. The van der Waals surface area contributed by atoms with Crippen LogP contribution < -0.4 is 14.4 Å². The highest BCUT2D eigenvalue weighted by Gasteiger charge is 2.23. The quantitative estimate of drug-likeness (QED) is 0.582. The van der Waals surface area contributed by atoms with Gasteiger partial charge >= 0.3 is 0 Å². The van der Waals surface area contributed by atoms with Gasteiger partial charge in [0.05, 0.1) is 25.1 Å². The molecular weight excluding hydrogens is 412 g/mol. The molecule has 0 saturated carbocycles. The molecule has 6 nitrogen and oxygen atoms in total. The summed E-state index contributed by atoms with van der Waals surface area (Å²) in [5, 5.41) is 3.00. The van der Waals surface area contributed by atoms with E-state index in [0.29, 0.717) is 11.4 Å². The SMILES string of the molecule is COc1ccc(N(CC(=O)NC(c2ccccc2)c2cccc(C)c2)S(C)(=O)=O)cc1. The average Bonchev–Trinajstić information content (AvgIpc) is 2.76. The van der Waals surface area contributed by atoms with E-state index in [1.54, 1.807) is 24.3 Å². The highest BCUT2D eigenvalue weighted by atomic mass is 32.2. The molecule has 0 spiro atoms. The van der Waals surface area contributed by atoms with Gasteiger partial charge < -0.3 is 10.1 Å². The first kappa shape index (κ1) is 22.4. The maximum Gasteiger partial charge on any atom is 0.241 e. The minimum absolute atomic E-state index is 0.333. The van der Waals surface area contributed by atoms with Gasteiger partial charge in [-0.2, -0.15) is 0 Å². The van der Waals surface area contributed by atoms with Crippen molar-refractivity contribution in [1.29, 1.82) is 0 Å². The Hall–Kier alpha value is -3.32. The molecule has 0 aromatic heterocycles. The topological polar surface area (TPSA) is 75.7 Å². The summed E-state index contributed by atoms with van der Waals surface area (Å²) in [7, 11) is -2.14. The fourth-order valence-electron chi connectivity index (χ4n) is 3.34. The van der Waals surface area contributed by atoms with Crippen molar-refractivity contribution in [3.63, 3.8) is 0 Å². The molecule has 0 saturated heterocycles. The Kier molecular flexibility index (Phi) is 6.97. The van der Waals surface area contributed by atoms with Gasteiger partial charge in [-0.25, -0.2) is 8.42 Å². The summed E-state index contributed by atoms with van der Waals surface area (Å²) in [6.45, 7) is 1.66. The van der Waals surface area contributed by atoms with Crippen LogP contribution in [-0.2, 0) is 14.8 Å². The number of benzene rings is 3. The standard InChI is InChI=1S/C24H26N2O4S/c1-18-8-7-11-20(16-18)24(19-9-5-4-6-10-19)25-23(27)17-26(31(3,28)29)21-12-14-22(30-2)15-13-21/h4-16,24H,17H2,1-3H3,(H,25,27). The fourth-order valence-corrected chi connectivity index (χ4v) is 4.20. The molecule has 0 bridgehead atoms. The molecule has 31 heavy (non-hydrogen) atoms. The summed E-state index contributed by atoms with van der Waals surface area (Å²) in [5.41, 5.74) is 3.31. The molecule has 162 valence electrons. The molecule has 0 aliphatic rings. The van der Waals surface area contributed by atoms with E-state index in [-0.39, 0.29) is 6.54 Å². The van der Waals surface area contributed by atoms with Gasteiger partial charge in [0.2, 0.25) is 15.9 Å². The smallest absolute Gasteiger partial charge is 0.241 e. The van der Waals surface area contributed by atoms with Crippen molar-refractivity contribution in [1.82, 2.24) is 5.32 Å². The molecule has 1 amide bonds. The van der Waals surface area contributed by atoms with Crippen LogP contribution >= 0.6 is 0 Å². The van der Waals surface area contributed by atoms with E-state index in [0.717, 1.165) is 27.3 Å². The maximum absolute atomic E-state index is 13.0. The van der Waals surface area contributed by atoms with Crippen molar-refractivity contribution in [2.24, 2.45) is 0 Å². The summed E-state index contributed by atoms with van der Waals surface area (Å²) in [4.78, 5) is 13.0. The van der Waals surface area contributed by atoms with E-state index in [9.17, 15) is 13.2 Å². The summed E-state index contributed by atoms with van der Waals surface area (Å²) >= 11 is 0. The van der Waals surface area contributed by atoms with Crippen LogP contribution in [0, 0.1) is 6.92 Å². The third-order valence-electron chi connectivity index (χ3n) is 4.86. The number of hydrogen-bond donors (Lipinski definition) is 1. The van der Waals surface area contributed by atoms with Crippen molar-refractivity contribution < 1.29 is 17.9 Å². The zero-order chi connectivity index (χ0) is 22.4. The number of carbonyl (C=O) groups excluding carboxylic acids is 1. The number of ether oxygens (including phenoxy) is 1. The van der Waals surface area contributed by atoms with Gasteiger partial charge in [-0.15, -0.1) is 0 Å². The van der Waals surface area contributed by atoms with Crippen molar-refractivity contribution in [3.8, 4) is 5.75 Å². The van der Waals surface area contributed by atoms with Gasteiger partial charge in [-0.05, 0) is 42.3 Å². The summed E-state index contributed by atoms with van der Waals surface area (Å²) in [6, 6.07) is 23.6. The Bertz CT molecular complexity index is 1130. The zero-order valence-electron chi connectivity index (χ0n) is 17.8. The molecule has 0 aliphatic carbocycles.